The summed E-state index contributed by atoms with van der Waals surface area (Å²) in [4.78, 5) is 13.3. The van der Waals surface area contributed by atoms with Crippen molar-refractivity contribution in [2.24, 2.45) is 0 Å². The van der Waals surface area contributed by atoms with E-state index in [0.29, 0.717) is 5.02 Å². The van der Waals surface area contributed by atoms with E-state index in [9.17, 15) is 13.2 Å². The number of carbonyl (C=O) groups excluding carboxylic acids is 1. The van der Waals surface area contributed by atoms with E-state index in [1.165, 1.54) is 19.1 Å². The second-order valence-electron chi connectivity index (χ2n) is 7.59. The average Bonchev–Trinajstić information content (AvgIpc) is 2.75. The summed E-state index contributed by atoms with van der Waals surface area (Å²) in [6.07, 6.45) is 1.03. The molecule has 5 nitrogen and oxygen atoms in total. The van der Waals surface area contributed by atoms with Gasteiger partial charge in [0.1, 0.15) is 6.04 Å². The van der Waals surface area contributed by atoms with Crippen molar-refractivity contribution in [1.29, 1.82) is 0 Å². The third-order valence-electron chi connectivity index (χ3n) is 5.06. The maximum atomic E-state index is 13.3. The van der Waals surface area contributed by atoms with Crippen LogP contribution in [0, 0.1) is 6.92 Å². The first kappa shape index (κ1) is 24.1. The lowest BCUT2D eigenvalue weighted by atomic mass is 9.97. The Morgan fingerprint density at radius 1 is 0.938 bits per heavy atom. The molecule has 0 unspecified atom stereocenters. The van der Waals surface area contributed by atoms with Gasteiger partial charge in [-0.2, -0.15) is 0 Å². The number of carbonyl (C=O) groups is 1. The van der Waals surface area contributed by atoms with Crippen LogP contribution in [0.2, 0.25) is 10.0 Å². The van der Waals surface area contributed by atoms with E-state index in [0.717, 1.165) is 27.3 Å². The van der Waals surface area contributed by atoms with Gasteiger partial charge in [-0.25, -0.2) is 8.42 Å². The molecule has 8 heteroatoms. The standard InChI is InChI=1S/C24H24Cl2N2O3S/c1-16-9-11-19(12-10-16)23(18-7-5-4-6-8-18)27-24(29)17(2)28(32(3,30)31)22-15-20(25)13-14-21(22)26/h4-15,17,23H,1-3H3,(H,27,29)/t17-,23+/m1/s1. The lowest BCUT2D eigenvalue weighted by Gasteiger charge is -2.30. The summed E-state index contributed by atoms with van der Waals surface area (Å²) in [7, 11) is -3.84. The second-order valence-corrected chi connectivity index (χ2v) is 10.3. The van der Waals surface area contributed by atoms with Gasteiger partial charge in [-0.05, 0) is 43.2 Å². The van der Waals surface area contributed by atoms with Crippen LogP contribution in [0.4, 0.5) is 5.69 Å². The van der Waals surface area contributed by atoms with Crippen molar-refractivity contribution < 1.29 is 13.2 Å². The van der Waals surface area contributed by atoms with Crippen molar-refractivity contribution in [2.75, 3.05) is 10.6 Å². The Bertz CT molecular complexity index is 1200. The predicted molar refractivity (Wildman–Crippen MR) is 131 cm³/mol. The minimum atomic E-state index is -3.84. The van der Waals surface area contributed by atoms with Gasteiger partial charge in [0, 0.05) is 5.02 Å². The summed E-state index contributed by atoms with van der Waals surface area (Å²) < 4.78 is 26.3. The normalized spacial score (nSPS) is 13.3. The van der Waals surface area contributed by atoms with Crippen LogP contribution in [-0.4, -0.2) is 26.6 Å². The highest BCUT2D eigenvalue weighted by molar-refractivity contribution is 7.92. The van der Waals surface area contributed by atoms with Crippen molar-refractivity contribution >= 4 is 44.8 Å². The van der Waals surface area contributed by atoms with Gasteiger partial charge in [0.05, 0.1) is 23.0 Å². The van der Waals surface area contributed by atoms with Crippen molar-refractivity contribution in [3.8, 4) is 0 Å². The Hall–Kier alpha value is -2.54. The van der Waals surface area contributed by atoms with E-state index in [1.54, 1.807) is 6.07 Å². The fourth-order valence-corrected chi connectivity index (χ4v) is 5.07. The Morgan fingerprint density at radius 3 is 2.12 bits per heavy atom. The first-order valence-corrected chi connectivity index (χ1v) is 12.5. The third kappa shape index (κ3) is 5.63. The molecule has 3 rings (SSSR count). The highest BCUT2D eigenvalue weighted by Gasteiger charge is 2.32. The Labute approximate surface area is 199 Å². The average molecular weight is 491 g/mol. The number of benzene rings is 3. The lowest BCUT2D eigenvalue weighted by Crippen LogP contribution is -2.49. The zero-order chi connectivity index (χ0) is 23.5. The van der Waals surface area contributed by atoms with Gasteiger partial charge >= 0.3 is 0 Å². The van der Waals surface area contributed by atoms with E-state index in [1.807, 2.05) is 61.5 Å². The van der Waals surface area contributed by atoms with E-state index in [2.05, 4.69) is 5.32 Å². The molecule has 1 N–H and O–H groups in total. The van der Waals surface area contributed by atoms with Gasteiger partial charge in [0.25, 0.3) is 0 Å². The van der Waals surface area contributed by atoms with Gasteiger partial charge in [-0.15, -0.1) is 0 Å². The molecule has 0 aliphatic carbocycles. The molecule has 168 valence electrons. The number of sulfonamides is 1. The Kier molecular flexibility index (Phi) is 7.49. The largest absolute Gasteiger partial charge is 0.343 e. The number of nitrogens with zero attached hydrogens (tertiary/aromatic N) is 1. The number of halogens is 2. The molecule has 0 bridgehead atoms. The number of aryl methyl sites for hydroxylation is 1. The highest BCUT2D eigenvalue weighted by Crippen LogP contribution is 2.32. The molecule has 0 fully saturated rings. The van der Waals surface area contributed by atoms with Crippen LogP contribution in [0.25, 0.3) is 0 Å². The topological polar surface area (TPSA) is 66.5 Å². The van der Waals surface area contributed by atoms with Gasteiger partial charge in [-0.3, -0.25) is 9.10 Å². The maximum Gasteiger partial charge on any atom is 0.244 e. The van der Waals surface area contributed by atoms with Crippen LogP contribution in [0.5, 0.6) is 0 Å². The van der Waals surface area contributed by atoms with Crippen molar-refractivity contribution in [1.82, 2.24) is 5.32 Å². The second kappa shape index (κ2) is 9.94. The molecule has 32 heavy (non-hydrogen) atoms. The van der Waals surface area contributed by atoms with Gasteiger partial charge in [0.15, 0.2) is 0 Å². The Balaban J connectivity index is 1.98. The molecule has 0 radical (unpaired) electrons. The molecule has 0 aromatic heterocycles. The number of anilines is 1. The first-order chi connectivity index (χ1) is 15.1. The monoisotopic (exact) mass is 490 g/mol. The molecule has 2 atom stereocenters. The van der Waals surface area contributed by atoms with Gasteiger partial charge < -0.3 is 5.32 Å². The van der Waals surface area contributed by atoms with Gasteiger partial charge in [0.2, 0.25) is 15.9 Å². The number of hydrogen-bond acceptors (Lipinski definition) is 3. The predicted octanol–water partition coefficient (Wildman–Crippen LogP) is 5.36. The van der Waals surface area contributed by atoms with E-state index in [-0.39, 0.29) is 10.7 Å². The van der Waals surface area contributed by atoms with E-state index < -0.39 is 28.0 Å². The Morgan fingerprint density at radius 2 is 1.53 bits per heavy atom. The summed E-state index contributed by atoms with van der Waals surface area (Å²) in [5.41, 5.74) is 3.01. The molecular weight excluding hydrogens is 467 g/mol. The molecule has 3 aromatic carbocycles. The molecule has 0 saturated heterocycles. The fraction of sp³-hybridized carbons (Fsp3) is 0.208. The van der Waals surface area contributed by atoms with Crippen LogP contribution in [-0.2, 0) is 14.8 Å². The van der Waals surface area contributed by atoms with Crippen molar-refractivity contribution in [3.05, 3.63) is 99.5 Å². The first-order valence-electron chi connectivity index (χ1n) is 9.94. The SMILES string of the molecule is Cc1ccc([C@@H](NC(=O)[C@@H](C)N(c2cc(Cl)ccc2Cl)S(C)(=O)=O)c2ccccc2)cc1. The fourth-order valence-electron chi connectivity index (χ4n) is 3.46. The number of hydrogen-bond donors (Lipinski definition) is 1. The summed E-state index contributed by atoms with van der Waals surface area (Å²) in [6.45, 7) is 3.51. The molecular formula is C24H24Cl2N2O3S. The lowest BCUT2D eigenvalue weighted by molar-refractivity contribution is -0.122. The zero-order valence-electron chi connectivity index (χ0n) is 17.9. The molecule has 0 saturated carbocycles. The summed E-state index contributed by atoms with van der Waals surface area (Å²) in [5.74, 6) is -0.471. The maximum absolute atomic E-state index is 13.3. The summed E-state index contributed by atoms with van der Waals surface area (Å²) in [6, 6.07) is 20.3. The number of amides is 1. The quantitative estimate of drug-likeness (QED) is 0.484. The highest BCUT2D eigenvalue weighted by atomic mass is 35.5. The van der Waals surface area contributed by atoms with Crippen LogP contribution in [0.3, 0.4) is 0 Å². The van der Waals surface area contributed by atoms with Crippen LogP contribution >= 0.6 is 23.2 Å². The van der Waals surface area contributed by atoms with Crippen LogP contribution < -0.4 is 9.62 Å². The van der Waals surface area contributed by atoms with Crippen molar-refractivity contribution in [3.63, 3.8) is 0 Å². The van der Waals surface area contributed by atoms with Crippen LogP contribution in [0.1, 0.15) is 29.7 Å². The molecule has 0 spiro atoms. The minimum Gasteiger partial charge on any atom is -0.343 e. The number of nitrogens with one attached hydrogen (secondary N) is 1. The van der Waals surface area contributed by atoms with E-state index >= 15 is 0 Å². The molecule has 0 aliphatic rings. The molecule has 0 aliphatic heterocycles. The molecule has 1 amide bonds. The minimum absolute atomic E-state index is 0.149. The van der Waals surface area contributed by atoms with Gasteiger partial charge in [-0.1, -0.05) is 83.4 Å². The molecule has 0 heterocycles. The zero-order valence-corrected chi connectivity index (χ0v) is 20.2. The molecule has 3 aromatic rings. The third-order valence-corrected chi connectivity index (χ3v) is 6.85. The van der Waals surface area contributed by atoms with E-state index in [4.69, 9.17) is 23.2 Å². The van der Waals surface area contributed by atoms with Crippen LogP contribution in [0.15, 0.2) is 72.8 Å². The smallest absolute Gasteiger partial charge is 0.244 e. The summed E-state index contributed by atoms with van der Waals surface area (Å²) in [5, 5.41) is 3.49. The number of rotatable bonds is 7. The van der Waals surface area contributed by atoms with Crippen molar-refractivity contribution in [2.45, 2.75) is 25.9 Å². The summed E-state index contributed by atoms with van der Waals surface area (Å²) >= 11 is 12.3.